The molecule has 5 heteroatoms. The minimum Gasteiger partial charge on any atom is -0.399 e. The first-order valence-corrected chi connectivity index (χ1v) is 10.1. The van der Waals surface area contributed by atoms with Crippen molar-refractivity contribution in [1.29, 1.82) is 0 Å². The fourth-order valence-corrected chi connectivity index (χ4v) is 4.09. The number of aryl methyl sites for hydroxylation is 1. The lowest BCUT2D eigenvalue weighted by atomic mass is 9.95. The van der Waals surface area contributed by atoms with Crippen molar-refractivity contribution in [3.05, 3.63) is 102 Å². The SMILES string of the molecule is Cc1nn(-c2ccccc2)c(-c2ccccc2)c1C1CC(c2cccc(N)c2)=NN1. The summed E-state index contributed by atoms with van der Waals surface area (Å²) in [6, 6.07) is 28.6. The molecule has 3 N–H and O–H groups in total. The third-order valence-electron chi connectivity index (χ3n) is 5.48. The Bertz CT molecular complexity index is 1210. The molecule has 148 valence electrons. The van der Waals surface area contributed by atoms with Crippen molar-refractivity contribution in [2.24, 2.45) is 5.10 Å². The lowest BCUT2D eigenvalue weighted by Gasteiger charge is -2.15. The standard InChI is InChI=1S/C25H23N5/c1-17-24(23-16-22(27-28-23)19-11-8-12-20(26)15-19)25(18-9-4-2-5-10-18)30(29-17)21-13-6-3-7-14-21/h2-15,23,28H,16,26H2,1H3. The van der Waals surface area contributed by atoms with Crippen LogP contribution in [-0.4, -0.2) is 15.5 Å². The van der Waals surface area contributed by atoms with Gasteiger partial charge in [0, 0.05) is 23.2 Å². The van der Waals surface area contributed by atoms with Crippen LogP contribution in [0.15, 0.2) is 90.0 Å². The fourth-order valence-electron chi connectivity index (χ4n) is 4.09. The topological polar surface area (TPSA) is 68.2 Å². The molecule has 0 aliphatic carbocycles. The molecule has 1 aliphatic rings. The monoisotopic (exact) mass is 393 g/mol. The molecule has 1 aliphatic heterocycles. The first-order chi connectivity index (χ1) is 14.7. The maximum absolute atomic E-state index is 5.98. The Hall–Kier alpha value is -3.86. The number of nitrogen functional groups attached to an aromatic ring is 1. The Morgan fingerprint density at radius 1 is 0.900 bits per heavy atom. The van der Waals surface area contributed by atoms with Gasteiger partial charge in [-0.1, -0.05) is 60.7 Å². The van der Waals surface area contributed by atoms with Crippen molar-refractivity contribution in [1.82, 2.24) is 15.2 Å². The molecule has 0 amide bonds. The maximum atomic E-state index is 5.98. The van der Waals surface area contributed by atoms with E-state index < -0.39 is 0 Å². The van der Waals surface area contributed by atoms with Gasteiger partial charge in [0.05, 0.1) is 28.8 Å². The molecule has 0 bridgehead atoms. The highest BCUT2D eigenvalue weighted by Crippen LogP contribution is 2.36. The van der Waals surface area contributed by atoms with E-state index in [1.54, 1.807) is 0 Å². The van der Waals surface area contributed by atoms with Gasteiger partial charge in [0.15, 0.2) is 0 Å². The highest BCUT2D eigenvalue weighted by molar-refractivity contribution is 6.02. The summed E-state index contributed by atoms with van der Waals surface area (Å²) in [4.78, 5) is 0. The van der Waals surface area contributed by atoms with Gasteiger partial charge in [-0.05, 0) is 36.8 Å². The number of nitrogens with one attached hydrogen (secondary N) is 1. The number of nitrogens with two attached hydrogens (primary N) is 1. The average molecular weight is 393 g/mol. The summed E-state index contributed by atoms with van der Waals surface area (Å²) in [5.74, 6) is 0. The molecular formula is C25H23N5. The normalized spacial score (nSPS) is 15.6. The zero-order valence-corrected chi connectivity index (χ0v) is 16.8. The van der Waals surface area contributed by atoms with Crippen LogP contribution in [-0.2, 0) is 0 Å². The molecule has 0 fully saturated rings. The van der Waals surface area contributed by atoms with E-state index in [1.807, 2.05) is 47.1 Å². The molecule has 3 aromatic carbocycles. The second kappa shape index (κ2) is 7.52. The minimum absolute atomic E-state index is 0.0501. The molecule has 1 unspecified atom stereocenters. The Morgan fingerprint density at radius 3 is 2.33 bits per heavy atom. The lowest BCUT2D eigenvalue weighted by Crippen LogP contribution is -2.12. The van der Waals surface area contributed by atoms with Crippen LogP contribution < -0.4 is 11.2 Å². The van der Waals surface area contributed by atoms with E-state index in [1.165, 1.54) is 5.56 Å². The van der Waals surface area contributed by atoms with Gasteiger partial charge in [0.25, 0.3) is 0 Å². The third-order valence-corrected chi connectivity index (χ3v) is 5.48. The zero-order valence-electron chi connectivity index (χ0n) is 16.8. The Kier molecular flexibility index (Phi) is 4.56. The summed E-state index contributed by atoms with van der Waals surface area (Å²) in [7, 11) is 0. The van der Waals surface area contributed by atoms with E-state index in [0.29, 0.717) is 0 Å². The van der Waals surface area contributed by atoms with Gasteiger partial charge in [-0.15, -0.1) is 0 Å². The van der Waals surface area contributed by atoms with E-state index in [4.69, 9.17) is 10.8 Å². The van der Waals surface area contributed by atoms with Crippen molar-refractivity contribution in [3.8, 4) is 16.9 Å². The molecule has 1 atom stereocenters. The average Bonchev–Trinajstić information content (AvgIpc) is 3.39. The zero-order chi connectivity index (χ0) is 20.5. The summed E-state index contributed by atoms with van der Waals surface area (Å²) in [6.07, 6.45) is 0.782. The van der Waals surface area contributed by atoms with Gasteiger partial charge < -0.3 is 11.2 Å². The Labute approximate surface area is 175 Å². The van der Waals surface area contributed by atoms with Crippen molar-refractivity contribution in [2.75, 3.05) is 5.73 Å². The molecule has 5 rings (SSSR count). The van der Waals surface area contributed by atoms with Gasteiger partial charge in [0.2, 0.25) is 0 Å². The van der Waals surface area contributed by atoms with Gasteiger partial charge in [-0.25, -0.2) is 4.68 Å². The summed E-state index contributed by atoms with van der Waals surface area (Å²) in [5.41, 5.74) is 17.6. The first kappa shape index (κ1) is 18.2. The van der Waals surface area contributed by atoms with Gasteiger partial charge in [-0.3, -0.25) is 0 Å². The van der Waals surface area contributed by atoms with Crippen molar-refractivity contribution in [2.45, 2.75) is 19.4 Å². The van der Waals surface area contributed by atoms with E-state index >= 15 is 0 Å². The van der Waals surface area contributed by atoms with Crippen LogP contribution in [0.3, 0.4) is 0 Å². The number of rotatable bonds is 4. The number of benzene rings is 3. The molecule has 2 heterocycles. The number of aromatic nitrogens is 2. The number of hydrazone groups is 1. The highest BCUT2D eigenvalue weighted by atomic mass is 15.3. The van der Waals surface area contributed by atoms with Gasteiger partial charge in [-0.2, -0.15) is 10.2 Å². The van der Waals surface area contributed by atoms with E-state index in [2.05, 4.69) is 59.9 Å². The van der Waals surface area contributed by atoms with Crippen LogP contribution >= 0.6 is 0 Å². The van der Waals surface area contributed by atoms with Crippen LogP contribution in [0.25, 0.3) is 16.9 Å². The quantitative estimate of drug-likeness (QED) is 0.486. The van der Waals surface area contributed by atoms with Gasteiger partial charge in [0.1, 0.15) is 0 Å². The molecule has 0 saturated carbocycles. The molecule has 0 saturated heterocycles. The van der Waals surface area contributed by atoms with E-state index in [-0.39, 0.29) is 6.04 Å². The van der Waals surface area contributed by atoms with Crippen molar-refractivity contribution in [3.63, 3.8) is 0 Å². The second-order valence-electron chi connectivity index (χ2n) is 7.53. The van der Waals surface area contributed by atoms with Gasteiger partial charge >= 0.3 is 0 Å². The predicted octanol–water partition coefficient (Wildman–Crippen LogP) is 4.87. The minimum atomic E-state index is 0.0501. The Morgan fingerprint density at radius 2 is 1.60 bits per heavy atom. The molecule has 4 aromatic rings. The molecule has 1 aromatic heterocycles. The van der Waals surface area contributed by atoms with E-state index in [9.17, 15) is 0 Å². The number of anilines is 1. The Balaban J connectivity index is 1.59. The molecular weight excluding hydrogens is 370 g/mol. The highest BCUT2D eigenvalue weighted by Gasteiger charge is 2.29. The van der Waals surface area contributed by atoms with Crippen molar-refractivity contribution < 1.29 is 0 Å². The van der Waals surface area contributed by atoms with Crippen LogP contribution in [0.4, 0.5) is 5.69 Å². The van der Waals surface area contributed by atoms with Crippen LogP contribution in [0.2, 0.25) is 0 Å². The lowest BCUT2D eigenvalue weighted by molar-refractivity contribution is 0.618. The molecule has 0 radical (unpaired) electrons. The summed E-state index contributed by atoms with van der Waals surface area (Å²) in [6.45, 7) is 2.07. The maximum Gasteiger partial charge on any atom is 0.0797 e. The number of hydrogen-bond acceptors (Lipinski definition) is 4. The number of nitrogens with zero attached hydrogens (tertiary/aromatic N) is 3. The third kappa shape index (κ3) is 3.24. The summed E-state index contributed by atoms with van der Waals surface area (Å²) >= 11 is 0. The fraction of sp³-hybridized carbons (Fsp3) is 0.120. The van der Waals surface area contributed by atoms with Crippen LogP contribution in [0, 0.1) is 6.92 Å². The molecule has 0 spiro atoms. The summed E-state index contributed by atoms with van der Waals surface area (Å²) in [5, 5.41) is 9.56. The summed E-state index contributed by atoms with van der Waals surface area (Å²) < 4.78 is 2.04. The van der Waals surface area contributed by atoms with E-state index in [0.717, 1.165) is 46.0 Å². The first-order valence-electron chi connectivity index (χ1n) is 10.1. The van der Waals surface area contributed by atoms with Crippen LogP contribution in [0.5, 0.6) is 0 Å². The second-order valence-corrected chi connectivity index (χ2v) is 7.53. The largest absolute Gasteiger partial charge is 0.399 e. The van der Waals surface area contributed by atoms with Crippen LogP contribution in [0.1, 0.15) is 29.3 Å². The molecule has 30 heavy (non-hydrogen) atoms. The smallest absolute Gasteiger partial charge is 0.0797 e. The number of para-hydroxylation sites is 1. The van der Waals surface area contributed by atoms with Crippen molar-refractivity contribution >= 4 is 11.4 Å². The number of hydrogen-bond donors (Lipinski definition) is 2. The molecule has 5 nitrogen and oxygen atoms in total. The predicted molar refractivity (Wildman–Crippen MR) is 122 cm³/mol.